The molecule has 1 rings (SSSR count). The summed E-state index contributed by atoms with van der Waals surface area (Å²) in [6.07, 6.45) is 0. The van der Waals surface area contributed by atoms with Crippen LogP contribution in [0.25, 0.3) is 0 Å². The number of ether oxygens (including phenoxy) is 1. The van der Waals surface area contributed by atoms with Crippen LogP contribution in [0.3, 0.4) is 0 Å². The average Bonchev–Trinajstić information content (AvgIpc) is 2.47. The summed E-state index contributed by atoms with van der Waals surface area (Å²) in [5, 5.41) is 8.83. The molecule has 0 spiro atoms. The standard InChI is InChI=1S/C10H10O3S/c1-3-4-5-13-8-6-7(2)14-9(8)10(11)12/h6H,5H2,1-2H3,(H,11,12). The number of carbonyl (C=O) groups is 1. The van der Waals surface area contributed by atoms with E-state index in [1.165, 1.54) is 11.3 Å². The maximum absolute atomic E-state index is 10.8. The van der Waals surface area contributed by atoms with E-state index < -0.39 is 5.97 Å². The molecular weight excluding hydrogens is 200 g/mol. The van der Waals surface area contributed by atoms with Gasteiger partial charge in [0.15, 0.2) is 4.88 Å². The Morgan fingerprint density at radius 3 is 3.00 bits per heavy atom. The number of aromatic carboxylic acids is 1. The van der Waals surface area contributed by atoms with Crippen molar-refractivity contribution < 1.29 is 14.6 Å². The van der Waals surface area contributed by atoms with Crippen molar-refractivity contribution in [2.45, 2.75) is 13.8 Å². The lowest BCUT2D eigenvalue weighted by Gasteiger charge is -1.99. The third kappa shape index (κ3) is 2.51. The van der Waals surface area contributed by atoms with Crippen molar-refractivity contribution in [1.29, 1.82) is 0 Å². The first kappa shape index (κ1) is 10.6. The van der Waals surface area contributed by atoms with Gasteiger partial charge in [-0.25, -0.2) is 4.79 Å². The van der Waals surface area contributed by atoms with E-state index in [0.717, 1.165) is 4.88 Å². The summed E-state index contributed by atoms with van der Waals surface area (Å²) in [5.74, 6) is 4.84. The van der Waals surface area contributed by atoms with E-state index in [2.05, 4.69) is 11.8 Å². The molecule has 0 aliphatic carbocycles. The van der Waals surface area contributed by atoms with E-state index in [1.807, 2.05) is 6.92 Å². The van der Waals surface area contributed by atoms with Crippen LogP contribution in [0.5, 0.6) is 5.75 Å². The molecule has 0 saturated carbocycles. The normalized spacial score (nSPS) is 9.00. The predicted octanol–water partition coefficient (Wildman–Crippen LogP) is 2.16. The van der Waals surface area contributed by atoms with Crippen LogP contribution in [-0.4, -0.2) is 17.7 Å². The van der Waals surface area contributed by atoms with Gasteiger partial charge >= 0.3 is 5.97 Å². The first-order valence-electron chi connectivity index (χ1n) is 4.01. The van der Waals surface area contributed by atoms with Gasteiger partial charge in [-0.2, -0.15) is 0 Å². The number of rotatable bonds is 3. The Bertz CT molecular complexity index is 395. The minimum atomic E-state index is -0.956. The lowest BCUT2D eigenvalue weighted by molar-refractivity contribution is 0.0698. The number of carboxylic acid groups (broad SMARTS) is 1. The second-order valence-electron chi connectivity index (χ2n) is 2.57. The van der Waals surface area contributed by atoms with Crippen molar-refractivity contribution in [1.82, 2.24) is 0 Å². The molecule has 1 aromatic rings. The van der Waals surface area contributed by atoms with Gasteiger partial charge in [0.25, 0.3) is 0 Å². The molecule has 0 atom stereocenters. The molecule has 0 aliphatic rings. The fourth-order valence-corrected chi connectivity index (χ4v) is 1.73. The smallest absolute Gasteiger partial charge is 0.349 e. The first-order valence-corrected chi connectivity index (χ1v) is 4.83. The summed E-state index contributed by atoms with van der Waals surface area (Å²) in [4.78, 5) is 11.9. The highest BCUT2D eigenvalue weighted by molar-refractivity contribution is 7.14. The first-order chi connectivity index (χ1) is 6.65. The molecule has 0 saturated heterocycles. The number of hydrogen-bond acceptors (Lipinski definition) is 3. The molecule has 0 bridgehead atoms. The van der Waals surface area contributed by atoms with Gasteiger partial charge in [-0.15, -0.1) is 17.3 Å². The SMILES string of the molecule is CC#CCOc1cc(C)sc1C(=O)O. The molecule has 0 aromatic carbocycles. The van der Waals surface area contributed by atoms with Crippen LogP contribution in [0.2, 0.25) is 0 Å². The maximum atomic E-state index is 10.8. The molecule has 0 radical (unpaired) electrons. The second-order valence-corrected chi connectivity index (χ2v) is 3.83. The van der Waals surface area contributed by atoms with E-state index >= 15 is 0 Å². The Hall–Kier alpha value is -1.47. The molecule has 0 aliphatic heterocycles. The van der Waals surface area contributed by atoms with Crippen molar-refractivity contribution in [3.8, 4) is 17.6 Å². The molecule has 0 fully saturated rings. The maximum Gasteiger partial charge on any atom is 0.349 e. The molecule has 74 valence electrons. The zero-order chi connectivity index (χ0) is 10.6. The van der Waals surface area contributed by atoms with Gasteiger partial charge in [-0.1, -0.05) is 5.92 Å². The van der Waals surface area contributed by atoms with Crippen LogP contribution in [0.4, 0.5) is 0 Å². The zero-order valence-corrected chi connectivity index (χ0v) is 8.77. The molecule has 14 heavy (non-hydrogen) atoms. The Labute approximate surface area is 86.3 Å². The van der Waals surface area contributed by atoms with Gasteiger partial charge < -0.3 is 9.84 Å². The molecule has 4 heteroatoms. The Morgan fingerprint density at radius 1 is 1.71 bits per heavy atom. The largest absolute Gasteiger partial charge is 0.479 e. The average molecular weight is 210 g/mol. The molecule has 1 heterocycles. The van der Waals surface area contributed by atoms with Crippen LogP contribution in [0.15, 0.2) is 6.07 Å². The highest BCUT2D eigenvalue weighted by atomic mass is 32.1. The topological polar surface area (TPSA) is 46.5 Å². The van der Waals surface area contributed by atoms with Crippen molar-refractivity contribution in [3.63, 3.8) is 0 Å². The predicted molar refractivity (Wildman–Crippen MR) is 55.0 cm³/mol. The van der Waals surface area contributed by atoms with E-state index in [-0.39, 0.29) is 11.5 Å². The third-order valence-corrected chi connectivity index (χ3v) is 2.51. The van der Waals surface area contributed by atoms with Crippen molar-refractivity contribution in [3.05, 3.63) is 15.8 Å². The molecule has 1 N–H and O–H groups in total. The molecule has 3 nitrogen and oxygen atoms in total. The van der Waals surface area contributed by atoms with E-state index in [4.69, 9.17) is 9.84 Å². The van der Waals surface area contributed by atoms with Crippen LogP contribution in [-0.2, 0) is 0 Å². The fraction of sp³-hybridized carbons (Fsp3) is 0.300. The van der Waals surface area contributed by atoms with Crippen LogP contribution >= 0.6 is 11.3 Å². The van der Waals surface area contributed by atoms with Crippen LogP contribution in [0, 0.1) is 18.8 Å². The number of hydrogen-bond donors (Lipinski definition) is 1. The number of carboxylic acids is 1. The summed E-state index contributed by atoms with van der Waals surface area (Å²) in [6, 6.07) is 1.71. The van der Waals surface area contributed by atoms with Gasteiger partial charge in [0.2, 0.25) is 0 Å². The monoisotopic (exact) mass is 210 g/mol. The Balaban J connectivity index is 2.82. The van der Waals surface area contributed by atoms with E-state index in [1.54, 1.807) is 13.0 Å². The second kappa shape index (κ2) is 4.68. The van der Waals surface area contributed by atoms with Crippen LogP contribution < -0.4 is 4.74 Å². The zero-order valence-electron chi connectivity index (χ0n) is 7.96. The highest BCUT2D eigenvalue weighted by Gasteiger charge is 2.14. The quantitative estimate of drug-likeness (QED) is 0.777. The Kier molecular flexibility index (Phi) is 3.55. The van der Waals surface area contributed by atoms with Crippen molar-refractivity contribution in [2.75, 3.05) is 6.61 Å². The highest BCUT2D eigenvalue weighted by Crippen LogP contribution is 2.28. The van der Waals surface area contributed by atoms with Gasteiger partial charge in [0.05, 0.1) is 0 Å². The lowest BCUT2D eigenvalue weighted by Crippen LogP contribution is -1.99. The summed E-state index contributed by atoms with van der Waals surface area (Å²) >= 11 is 1.21. The minimum Gasteiger partial charge on any atom is -0.479 e. The van der Waals surface area contributed by atoms with Gasteiger partial charge in [0.1, 0.15) is 12.4 Å². The van der Waals surface area contributed by atoms with Gasteiger partial charge in [0, 0.05) is 4.88 Å². The minimum absolute atomic E-state index is 0.229. The van der Waals surface area contributed by atoms with Gasteiger partial charge in [-0.05, 0) is 19.9 Å². The molecule has 0 amide bonds. The third-order valence-electron chi connectivity index (χ3n) is 1.49. The number of thiophene rings is 1. The van der Waals surface area contributed by atoms with Crippen molar-refractivity contribution >= 4 is 17.3 Å². The Morgan fingerprint density at radius 2 is 2.43 bits per heavy atom. The van der Waals surface area contributed by atoms with Gasteiger partial charge in [-0.3, -0.25) is 0 Å². The fourth-order valence-electron chi connectivity index (χ4n) is 0.933. The summed E-state index contributed by atoms with van der Waals surface area (Å²) in [7, 11) is 0. The van der Waals surface area contributed by atoms with E-state index in [0.29, 0.717) is 5.75 Å². The summed E-state index contributed by atoms with van der Waals surface area (Å²) in [5.41, 5.74) is 0. The van der Waals surface area contributed by atoms with E-state index in [9.17, 15) is 4.79 Å². The summed E-state index contributed by atoms with van der Waals surface area (Å²) < 4.78 is 5.22. The number of aryl methyl sites for hydroxylation is 1. The molecule has 0 unspecified atom stereocenters. The lowest BCUT2D eigenvalue weighted by atomic mass is 10.4. The molecule has 1 aromatic heterocycles. The van der Waals surface area contributed by atoms with Crippen molar-refractivity contribution in [2.24, 2.45) is 0 Å². The molecular formula is C10H10O3S. The summed E-state index contributed by atoms with van der Waals surface area (Å²) in [6.45, 7) is 3.78. The van der Waals surface area contributed by atoms with Crippen LogP contribution in [0.1, 0.15) is 21.5 Å².